The van der Waals surface area contributed by atoms with Gasteiger partial charge in [0.15, 0.2) is 0 Å². The van der Waals surface area contributed by atoms with Gasteiger partial charge in [-0.3, -0.25) is 4.79 Å². The molecule has 3 heterocycles. The second-order valence-electron chi connectivity index (χ2n) is 8.81. The Morgan fingerprint density at radius 3 is 2.59 bits per heavy atom. The quantitative estimate of drug-likeness (QED) is 0.592. The maximum atomic E-state index is 13.7. The molecule has 3 aliphatic rings. The van der Waals surface area contributed by atoms with Gasteiger partial charge in [0, 0.05) is 36.3 Å². The number of anilines is 1. The van der Waals surface area contributed by atoms with Gasteiger partial charge in [0.25, 0.3) is 5.91 Å². The molecule has 0 aromatic heterocycles. The fourth-order valence-electron chi connectivity index (χ4n) is 5.35. The molecule has 0 bridgehead atoms. The molecule has 0 aliphatic carbocycles. The van der Waals surface area contributed by atoms with Gasteiger partial charge in [0.2, 0.25) is 0 Å². The van der Waals surface area contributed by atoms with Crippen molar-refractivity contribution in [3.05, 3.63) is 112 Å². The Kier molecular flexibility index (Phi) is 4.69. The average Bonchev–Trinajstić information content (AvgIpc) is 3.14. The maximum absolute atomic E-state index is 13.7. The van der Waals surface area contributed by atoms with Crippen molar-refractivity contribution >= 4 is 23.2 Å². The predicted molar refractivity (Wildman–Crippen MR) is 127 cm³/mol. The summed E-state index contributed by atoms with van der Waals surface area (Å²) >= 11 is 6.36. The van der Waals surface area contributed by atoms with E-state index in [0.717, 1.165) is 34.9 Å². The number of benzene rings is 3. The summed E-state index contributed by atoms with van der Waals surface area (Å²) in [5, 5.41) is 4.43. The molecule has 32 heavy (non-hydrogen) atoms. The number of hydrogen-bond donors (Lipinski definition) is 1. The van der Waals surface area contributed by atoms with Crippen molar-refractivity contribution in [3.8, 4) is 0 Å². The molecule has 0 spiro atoms. The third kappa shape index (κ3) is 3.26. The van der Waals surface area contributed by atoms with Crippen LogP contribution in [0.2, 0.25) is 5.02 Å². The highest BCUT2D eigenvalue weighted by atomic mass is 35.5. The van der Waals surface area contributed by atoms with Crippen molar-refractivity contribution in [2.75, 3.05) is 11.9 Å². The zero-order valence-electron chi connectivity index (χ0n) is 17.7. The zero-order valence-corrected chi connectivity index (χ0v) is 18.4. The first-order chi connectivity index (χ1) is 15.7. The molecule has 0 saturated heterocycles. The van der Waals surface area contributed by atoms with E-state index in [4.69, 9.17) is 11.6 Å². The van der Waals surface area contributed by atoms with Gasteiger partial charge in [-0.05, 0) is 46.9 Å². The van der Waals surface area contributed by atoms with Crippen LogP contribution in [0.1, 0.15) is 29.0 Å². The molecule has 5 heteroatoms. The average molecular weight is 442 g/mol. The van der Waals surface area contributed by atoms with Gasteiger partial charge in [-0.2, -0.15) is 0 Å². The van der Waals surface area contributed by atoms with Crippen molar-refractivity contribution in [1.29, 1.82) is 0 Å². The third-order valence-corrected chi connectivity index (χ3v) is 7.08. The molecular formula is C27H24ClN3O. The van der Waals surface area contributed by atoms with Crippen LogP contribution in [0.15, 0.2) is 90.1 Å². The van der Waals surface area contributed by atoms with Gasteiger partial charge < -0.3 is 15.1 Å². The van der Waals surface area contributed by atoms with Gasteiger partial charge in [0.1, 0.15) is 11.9 Å². The Morgan fingerprint density at radius 1 is 0.938 bits per heavy atom. The number of amides is 1. The molecular weight excluding hydrogens is 418 g/mol. The van der Waals surface area contributed by atoms with Crippen LogP contribution in [0.3, 0.4) is 0 Å². The Labute approximate surface area is 193 Å². The van der Waals surface area contributed by atoms with Gasteiger partial charge >= 0.3 is 0 Å². The lowest BCUT2D eigenvalue weighted by atomic mass is 9.82. The van der Waals surface area contributed by atoms with Crippen molar-refractivity contribution in [1.82, 2.24) is 9.80 Å². The van der Waals surface area contributed by atoms with Crippen LogP contribution in [0.4, 0.5) is 5.69 Å². The molecule has 0 fully saturated rings. The van der Waals surface area contributed by atoms with Crippen molar-refractivity contribution in [3.63, 3.8) is 0 Å². The number of rotatable bonds is 3. The topological polar surface area (TPSA) is 35.6 Å². The third-order valence-electron chi connectivity index (χ3n) is 6.85. The molecule has 1 amide bonds. The minimum absolute atomic E-state index is 0.0771. The summed E-state index contributed by atoms with van der Waals surface area (Å²) in [5.74, 6) is 0.286. The molecule has 0 unspecified atom stereocenters. The first-order valence-electron chi connectivity index (χ1n) is 11.1. The number of halogens is 1. The van der Waals surface area contributed by atoms with Gasteiger partial charge in [-0.15, -0.1) is 0 Å². The fourth-order valence-corrected chi connectivity index (χ4v) is 5.55. The van der Waals surface area contributed by atoms with Crippen molar-refractivity contribution < 1.29 is 4.79 Å². The van der Waals surface area contributed by atoms with E-state index in [9.17, 15) is 4.79 Å². The highest BCUT2D eigenvalue weighted by Gasteiger charge is 2.45. The summed E-state index contributed by atoms with van der Waals surface area (Å²) in [7, 11) is 0. The summed E-state index contributed by atoms with van der Waals surface area (Å²) in [4.78, 5) is 18.0. The minimum Gasteiger partial charge on any atom is -0.365 e. The highest BCUT2D eigenvalue weighted by molar-refractivity contribution is 6.30. The summed E-state index contributed by atoms with van der Waals surface area (Å²) in [6.45, 7) is 2.03. The zero-order chi connectivity index (χ0) is 21.7. The smallest absolute Gasteiger partial charge is 0.270 e. The van der Waals surface area contributed by atoms with Crippen LogP contribution >= 0.6 is 11.6 Å². The van der Waals surface area contributed by atoms with Crippen LogP contribution < -0.4 is 5.32 Å². The van der Waals surface area contributed by atoms with Crippen molar-refractivity contribution in [2.45, 2.75) is 31.6 Å². The molecule has 3 aliphatic heterocycles. The summed E-state index contributed by atoms with van der Waals surface area (Å²) in [5.41, 5.74) is 6.80. The minimum atomic E-state index is 0.0771. The lowest BCUT2D eigenvalue weighted by Crippen LogP contribution is -2.48. The predicted octanol–water partition coefficient (Wildman–Crippen LogP) is 5.38. The van der Waals surface area contributed by atoms with E-state index in [1.54, 1.807) is 0 Å². The molecule has 0 radical (unpaired) electrons. The molecule has 4 nitrogen and oxygen atoms in total. The maximum Gasteiger partial charge on any atom is 0.270 e. The first kappa shape index (κ1) is 19.4. The number of carbonyl (C=O) groups excluding carboxylic acids is 1. The van der Waals surface area contributed by atoms with Crippen LogP contribution in [0.25, 0.3) is 0 Å². The van der Waals surface area contributed by atoms with Crippen LogP contribution in [-0.2, 0) is 17.9 Å². The number of fused-ring (bicyclic) bond motifs is 3. The van der Waals surface area contributed by atoms with E-state index >= 15 is 0 Å². The lowest BCUT2D eigenvalue weighted by molar-refractivity contribution is -0.127. The van der Waals surface area contributed by atoms with E-state index in [1.165, 1.54) is 16.7 Å². The molecule has 3 aromatic rings. The standard InChI is InChI=1S/C27H24ClN3O/c28-21-11-6-10-19(13-21)22-14-25-29-24-12-5-4-9-20(24)16-31(25)26-23(22)17-30(27(26)32)15-18-7-2-1-3-8-18/h1-13,22,25,29H,14-17H2/t22-,25-/m1/s1. The fraction of sp³-hybridized carbons (Fsp3) is 0.222. The van der Waals surface area contributed by atoms with Crippen molar-refractivity contribution in [2.24, 2.45) is 0 Å². The number of para-hydroxylation sites is 1. The van der Waals surface area contributed by atoms with Gasteiger partial charge in [0.05, 0.1) is 0 Å². The van der Waals surface area contributed by atoms with Gasteiger partial charge in [-0.25, -0.2) is 0 Å². The number of hydrogen-bond acceptors (Lipinski definition) is 3. The van der Waals surface area contributed by atoms with E-state index in [2.05, 4.69) is 52.7 Å². The SMILES string of the molecule is O=C1C2=C(CN1Cc1ccccc1)[C@@H](c1cccc(Cl)c1)C[C@@H]1Nc3ccccc3CN21. The van der Waals surface area contributed by atoms with E-state index in [1.807, 2.05) is 41.3 Å². The Hall–Kier alpha value is -3.24. The van der Waals surface area contributed by atoms with Gasteiger partial charge in [-0.1, -0.05) is 72.3 Å². The molecule has 3 aromatic carbocycles. The Morgan fingerprint density at radius 2 is 1.75 bits per heavy atom. The molecule has 6 rings (SSSR count). The molecule has 160 valence electrons. The molecule has 1 N–H and O–H groups in total. The van der Waals surface area contributed by atoms with Crippen LogP contribution in [0.5, 0.6) is 0 Å². The monoisotopic (exact) mass is 441 g/mol. The number of nitrogens with one attached hydrogen (secondary N) is 1. The van der Waals surface area contributed by atoms with Crippen LogP contribution in [0, 0.1) is 0 Å². The first-order valence-corrected chi connectivity index (χ1v) is 11.5. The largest absolute Gasteiger partial charge is 0.365 e. The van der Waals surface area contributed by atoms with E-state index in [-0.39, 0.29) is 18.0 Å². The number of carbonyl (C=O) groups is 1. The molecule has 0 saturated carbocycles. The number of nitrogens with zero attached hydrogens (tertiary/aromatic N) is 2. The normalized spacial score (nSPS) is 21.7. The second-order valence-corrected chi connectivity index (χ2v) is 9.25. The Bertz CT molecular complexity index is 1220. The highest BCUT2D eigenvalue weighted by Crippen LogP contribution is 2.46. The molecule has 2 atom stereocenters. The summed E-state index contributed by atoms with van der Waals surface area (Å²) in [6.07, 6.45) is 0.980. The Balaban J connectivity index is 1.40. The van der Waals surface area contributed by atoms with Crippen LogP contribution in [-0.4, -0.2) is 28.4 Å². The second kappa shape index (κ2) is 7.72. The summed E-state index contributed by atoms with van der Waals surface area (Å²) < 4.78 is 0. The summed E-state index contributed by atoms with van der Waals surface area (Å²) in [6, 6.07) is 26.7. The van der Waals surface area contributed by atoms with E-state index in [0.29, 0.717) is 13.1 Å². The van der Waals surface area contributed by atoms with E-state index < -0.39 is 0 Å². The lowest BCUT2D eigenvalue weighted by Gasteiger charge is -2.45.